The van der Waals surface area contributed by atoms with E-state index in [-0.39, 0.29) is 36.2 Å². The summed E-state index contributed by atoms with van der Waals surface area (Å²) in [5.41, 5.74) is 3.15. The van der Waals surface area contributed by atoms with E-state index in [1.54, 1.807) is 48.4 Å². The lowest BCUT2D eigenvalue weighted by atomic mass is 10.0. The van der Waals surface area contributed by atoms with Gasteiger partial charge in [-0.05, 0) is 66.3 Å². The van der Waals surface area contributed by atoms with E-state index in [1.165, 1.54) is 4.31 Å². The number of hydrogen-bond donors (Lipinski definition) is 1. The fraction of sp³-hybridized carbons (Fsp3) is 0.278. The summed E-state index contributed by atoms with van der Waals surface area (Å²) in [6.07, 6.45) is 2.24. The molecule has 10 heteroatoms. The average molecular weight is 660 g/mol. The Hall–Kier alpha value is -4.18. The van der Waals surface area contributed by atoms with Gasteiger partial charge in [-0.25, -0.2) is 8.42 Å². The van der Waals surface area contributed by atoms with Crippen molar-refractivity contribution >= 4 is 33.4 Å². The summed E-state index contributed by atoms with van der Waals surface area (Å²) in [7, 11) is -1.94. The summed E-state index contributed by atoms with van der Waals surface area (Å²) < 4.78 is 32.9. The molecular weight excluding hydrogens is 622 g/mol. The van der Waals surface area contributed by atoms with Crippen molar-refractivity contribution in [2.45, 2.75) is 49.7 Å². The van der Waals surface area contributed by atoms with Crippen LogP contribution in [0.1, 0.15) is 47.6 Å². The highest BCUT2D eigenvalue weighted by Crippen LogP contribution is 2.27. The van der Waals surface area contributed by atoms with Gasteiger partial charge in [0.25, 0.3) is 0 Å². The molecule has 0 radical (unpaired) electrons. The third-order valence-corrected chi connectivity index (χ3v) is 10.3. The van der Waals surface area contributed by atoms with E-state index >= 15 is 0 Å². The first-order valence-corrected chi connectivity index (χ1v) is 17.2. The number of sulfonamides is 1. The van der Waals surface area contributed by atoms with Gasteiger partial charge in [-0.2, -0.15) is 4.31 Å². The van der Waals surface area contributed by atoms with Crippen molar-refractivity contribution in [1.29, 1.82) is 0 Å². The lowest BCUT2D eigenvalue weighted by Crippen LogP contribution is -2.43. The molecule has 1 aliphatic heterocycles. The van der Waals surface area contributed by atoms with Gasteiger partial charge in [-0.3, -0.25) is 9.59 Å². The molecule has 1 aliphatic rings. The molecule has 46 heavy (non-hydrogen) atoms. The summed E-state index contributed by atoms with van der Waals surface area (Å²) in [5.74, 6) is 0.119. The second kappa shape index (κ2) is 15.4. The minimum absolute atomic E-state index is 0.120. The number of nitrogens with zero attached hydrogens (tertiary/aromatic N) is 2. The summed E-state index contributed by atoms with van der Waals surface area (Å²) in [5, 5.41) is 3.60. The SMILES string of the molecule is COc1ccccc1CNC(=O)C(c1ccccc1)N(Cc1ccc(Cl)cc1)C(=O)CCc1ccc(S(=O)(=O)N2CCCC2)cc1. The van der Waals surface area contributed by atoms with E-state index < -0.39 is 16.1 Å². The van der Waals surface area contributed by atoms with Crippen LogP contribution < -0.4 is 10.1 Å². The Morgan fingerprint density at radius 1 is 0.870 bits per heavy atom. The van der Waals surface area contributed by atoms with Gasteiger partial charge in [0, 0.05) is 43.2 Å². The number of rotatable bonds is 13. The van der Waals surface area contributed by atoms with Crippen molar-refractivity contribution in [1.82, 2.24) is 14.5 Å². The molecule has 1 heterocycles. The van der Waals surface area contributed by atoms with Gasteiger partial charge >= 0.3 is 0 Å². The van der Waals surface area contributed by atoms with Crippen LogP contribution in [-0.4, -0.2) is 49.6 Å². The number of amides is 2. The highest BCUT2D eigenvalue weighted by atomic mass is 35.5. The van der Waals surface area contributed by atoms with Gasteiger partial charge < -0.3 is 15.0 Å². The van der Waals surface area contributed by atoms with Crippen LogP contribution in [0.3, 0.4) is 0 Å². The van der Waals surface area contributed by atoms with E-state index in [9.17, 15) is 18.0 Å². The standard InChI is InChI=1S/C36H38ClN3O5S/c1-45-33-12-6-5-11-30(33)25-38-36(42)35(29-9-3-2-4-10-29)40(26-28-13-18-31(37)19-14-28)34(41)22-17-27-15-20-32(21-16-27)46(43,44)39-23-7-8-24-39/h2-6,9-16,18-21,35H,7-8,17,22-26H2,1H3,(H,38,42). The molecule has 0 aromatic heterocycles. The van der Waals surface area contributed by atoms with E-state index in [0.29, 0.717) is 35.8 Å². The topological polar surface area (TPSA) is 96.0 Å². The molecule has 8 nitrogen and oxygen atoms in total. The Morgan fingerprint density at radius 2 is 1.50 bits per heavy atom. The third kappa shape index (κ3) is 8.15. The van der Waals surface area contributed by atoms with Gasteiger partial charge in [0.15, 0.2) is 0 Å². The minimum Gasteiger partial charge on any atom is -0.496 e. The van der Waals surface area contributed by atoms with E-state index in [4.69, 9.17) is 16.3 Å². The fourth-order valence-electron chi connectivity index (χ4n) is 5.65. The highest BCUT2D eigenvalue weighted by Gasteiger charge is 2.32. The number of aryl methyl sites for hydroxylation is 1. The van der Waals surface area contributed by atoms with Gasteiger partial charge in [0.2, 0.25) is 21.8 Å². The molecule has 0 saturated carbocycles. The zero-order valence-corrected chi connectivity index (χ0v) is 27.3. The molecule has 4 aromatic carbocycles. The van der Waals surface area contributed by atoms with E-state index in [0.717, 1.165) is 29.5 Å². The molecule has 4 aromatic rings. The van der Waals surface area contributed by atoms with E-state index in [2.05, 4.69) is 5.32 Å². The Labute approximate surface area is 276 Å². The zero-order valence-electron chi connectivity index (χ0n) is 25.8. The predicted octanol–water partition coefficient (Wildman–Crippen LogP) is 6.15. The summed E-state index contributed by atoms with van der Waals surface area (Å²) in [4.78, 5) is 29.9. The first-order chi connectivity index (χ1) is 22.3. The van der Waals surface area contributed by atoms with Crippen LogP contribution in [0.4, 0.5) is 0 Å². The predicted molar refractivity (Wildman–Crippen MR) is 179 cm³/mol. The van der Waals surface area contributed by atoms with Crippen LogP contribution in [0.2, 0.25) is 5.02 Å². The molecule has 2 amide bonds. The van der Waals surface area contributed by atoms with Crippen molar-refractivity contribution in [3.8, 4) is 5.75 Å². The van der Waals surface area contributed by atoms with Crippen molar-refractivity contribution in [2.75, 3.05) is 20.2 Å². The second-order valence-corrected chi connectivity index (χ2v) is 13.6. The van der Waals surface area contributed by atoms with Crippen LogP contribution in [0.5, 0.6) is 5.75 Å². The molecule has 1 unspecified atom stereocenters. The quantitative estimate of drug-likeness (QED) is 0.186. The molecular formula is C36H38ClN3O5S. The van der Waals surface area contributed by atoms with Crippen molar-refractivity contribution < 1.29 is 22.7 Å². The fourth-order valence-corrected chi connectivity index (χ4v) is 7.29. The van der Waals surface area contributed by atoms with Crippen LogP contribution in [0, 0.1) is 0 Å². The number of carbonyl (C=O) groups excluding carboxylic acids is 2. The molecule has 0 bridgehead atoms. The lowest BCUT2D eigenvalue weighted by Gasteiger charge is -2.32. The summed E-state index contributed by atoms with van der Waals surface area (Å²) >= 11 is 6.14. The second-order valence-electron chi connectivity index (χ2n) is 11.2. The Bertz CT molecular complexity index is 1730. The number of halogens is 1. The smallest absolute Gasteiger partial charge is 0.247 e. The maximum atomic E-state index is 14.1. The monoisotopic (exact) mass is 659 g/mol. The van der Waals surface area contributed by atoms with Crippen LogP contribution >= 0.6 is 11.6 Å². The highest BCUT2D eigenvalue weighted by molar-refractivity contribution is 7.89. The Balaban J connectivity index is 1.38. The molecule has 240 valence electrons. The number of nitrogens with one attached hydrogen (secondary N) is 1. The summed E-state index contributed by atoms with van der Waals surface area (Å²) in [6, 6.07) is 29.7. The number of hydrogen-bond acceptors (Lipinski definition) is 5. The maximum Gasteiger partial charge on any atom is 0.247 e. The van der Waals surface area contributed by atoms with Gasteiger partial charge in [-0.1, -0.05) is 84.4 Å². The molecule has 5 rings (SSSR count). The molecule has 0 spiro atoms. The zero-order chi connectivity index (χ0) is 32.5. The third-order valence-electron chi connectivity index (χ3n) is 8.16. The number of ether oxygens (including phenoxy) is 1. The number of methoxy groups -OCH3 is 1. The molecule has 1 fully saturated rings. The first-order valence-electron chi connectivity index (χ1n) is 15.3. The Morgan fingerprint density at radius 3 is 2.17 bits per heavy atom. The minimum atomic E-state index is -3.52. The summed E-state index contributed by atoms with van der Waals surface area (Å²) in [6.45, 7) is 1.49. The molecule has 1 atom stereocenters. The average Bonchev–Trinajstić information content (AvgIpc) is 3.64. The van der Waals surface area contributed by atoms with Crippen LogP contribution in [0.15, 0.2) is 108 Å². The van der Waals surface area contributed by atoms with E-state index in [1.807, 2.05) is 66.7 Å². The van der Waals surface area contributed by atoms with Crippen molar-refractivity contribution in [3.63, 3.8) is 0 Å². The van der Waals surface area contributed by atoms with Crippen molar-refractivity contribution in [2.24, 2.45) is 0 Å². The Kier molecular flexibility index (Phi) is 11.1. The molecule has 1 saturated heterocycles. The largest absolute Gasteiger partial charge is 0.496 e. The first kappa shape index (κ1) is 33.2. The number of para-hydroxylation sites is 1. The molecule has 0 aliphatic carbocycles. The van der Waals surface area contributed by atoms with Gasteiger partial charge in [0.1, 0.15) is 11.8 Å². The normalized spacial score (nSPS) is 14.0. The van der Waals surface area contributed by atoms with Crippen molar-refractivity contribution in [3.05, 3.63) is 130 Å². The lowest BCUT2D eigenvalue weighted by molar-refractivity contribution is -0.141. The van der Waals surface area contributed by atoms with Gasteiger partial charge in [-0.15, -0.1) is 0 Å². The number of benzene rings is 4. The van der Waals surface area contributed by atoms with Gasteiger partial charge in [0.05, 0.1) is 12.0 Å². The number of carbonyl (C=O) groups is 2. The van der Waals surface area contributed by atoms with Crippen LogP contribution in [-0.2, 0) is 39.1 Å². The van der Waals surface area contributed by atoms with Crippen LogP contribution in [0.25, 0.3) is 0 Å². The maximum absolute atomic E-state index is 14.1. The molecule has 1 N–H and O–H groups in total.